The number of aryl methyl sites for hydroxylation is 4. The molecule has 0 saturated carbocycles. The molecule has 1 amide bonds. The minimum atomic E-state index is 0.211. The summed E-state index contributed by atoms with van der Waals surface area (Å²) in [6, 6.07) is 1.96. The van der Waals surface area contributed by atoms with Crippen LogP contribution >= 0.6 is 0 Å². The van der Waals surface area contributed by atoms with Gasteiger partial charge in [0, 0.05) is 57.1 Å². The Balaban J connectivity index is 1.57. The predicted molar refractivity (Wildman–Crippen MR) is 83.5 cm³/mol. The summed E-state index contributed by atoms with van der Waals surface area (Å²) in [6.07, 6.45) is 5.32. The summed E-state index contributed by atoms with van der Waals surface area (Å²) in [5.74, 6) is 1.66. The first-order chi connectivity index (χ1) is 10.5. The Morgan fingerprint density at radius 1 is 1.41 bits per heavy atom. The topological polar surface area (TPSA) is 56.0 Å². The molecule has 6 nitrogen and oxygen atoms in total. The van der Waals surface area contributed by atoms with Gasteiger partial charge in [-0.3, -0.25) is 9.48 Å². The minimum Gasteiger partial charge on any atom is -0.342 e. The van der Waals surface area contributed by atoms with Gasteiger partial charge in [-0.25, -0.2) is 4.98 Å². The molecule has 6 heteroatoms. The molecule has 2 aromatic rings. The van der Waals surface area contributed by atoms with Gasteiger partial charge in [0.05, 0.1) is 5.69 Å². The highest BCUT2D eigenvalue weighted by atomic mass is 16.2. The molecule has 22 heavy (non-hydrogen) atoms. The van der Waals surface area contributed by atoms with Crippen molar-refractivity contribution < 1.29 is 4.79 Å². The van der Waals surface area contributed by atoms with Crippen molar-refractivity contribution in [1.82, 2.24) is 24.2 Å². The number of imidazole rings is 1. The third-order valence-electron chi connectivity index (χ3n) is 4.41. The molecular weight excluding hydrogens is 278 g/mol. The lowest BCUT2D eigenvalue weighted by Gasteiger charge is -2.17. The lowest BCUT2D eigenvalue weighted by atomic mass is 10.1. The van der Waals surface area contributed by atoms with Gasteiger partial charge in [-0.15, -0.1) is 0 Å². The van der Waals surface area contributed by atoms with Crippen LogP contribution in [0.2, 0.25) is 0 Å². The highest BCUT2D eigenvalue weighted by Gasteiger charge is 2.29. The van der Waals surface area contributed by atoms with E-state index in [9.17, 15) is 4.79 Å². The van der Waals surface area contributed by atoms with Crippen LogP contribution in [-0.2, 0) is 18.4 Å². The molecule has 0 aliphatic carbocycles. The summed E-state index contributed by atoms with van der Waals surface area (Å²) < 4.78 is 3.97. The average molecular weight is 301 g/mol. The zero-order valence-corrected chi connectivity index (χ0v) is 13.5. The highest BCUT2D eigenvalue weighted by molar-refractivity contribution is 5.76. The van der Waals surface area contributed by atoms with Gasteiger partial charge in [0.1, 0.15) is 5.82 Å². The normalized spacial score (nSPS) is 18.1. The number of hydrogen-bond acceptors (Lipinski definition) is 3. The summed E-state index contributed by atoms with van der Waals surface area (Å²) in [4.78, 5) is 18.9. The smallest absolute Gasteiger partial charge is 0.224 e. The van der Waals surface area contributed by atoms with E-state index in [0.717, 1.165) is 36.7 Å². The van der Waals surface area contributed by atoms with E-state index in [-0.39, 0.29) is 5.91 Å². The van der Waals surface area contributed by atoms with Crippen LogP contribution in [0, 0.1) is 13.8 Å². The molecule has 2 aromatic heterocycles. The number of nitrogens with zero attached hydrogens (tertiary/aromatic N) is 5. The molecule has 1 saturated heterocycles. The molecule has 3 rings (SSSR count). The number of likely N-dealkylation sites (tertiary alicyclic amines) is 1. The Kier molecular flexibility index (Phi) is 4.00. The zero-order chi connectivity index (χ0) is 15.7. The van der Waals surface area contributed by atoms with Crippen molar-refractivity contribution in [3.8, 4) is 0 Å². The second-order valence-corrected chi connectivity index (χ2v) is 6.12. The largest absolute Gasteiger partial charge is 0.342 e. The van der Waals surface area contributed by atoms with Crippen LogP contribution in [0.4, 0.5) is 0 Å². The molecule has 1 aliphatic heterocycles. The van der Waals surface area contributed by atoms with Crippen molar-refractivity contribution in [3.63, 3.8) is 0 Å². The van der Waals surface area contributed by atoms with E-state index in [1.807, 2.05) is 42.7 Å². The van der Waals surface area contributed by atoms with Crippen LogP contribution in [-0.4, -0.2) is 43.2 Å². The molecule has 0 aromatic carbocycles. The summed E-state index contributed by atoms with van der Waals surface area (Å²) in [5.41, 5.74) is 2.13. The number of hydrogen-bond donors (Lipinski definition) is 0. The van der Waals surface area contributed by atoms with Gasteiger partial charge in [-0.05, 0) is 26.3 Å². The van der Waals surface area contributed by atoms with Crippen LogP contribution < -0.4 is 0 Å². The second kappa shape index (κ2) is 5.94. The van der Waals surface area contributed by atoms with Gasteiger partial charge >= 0.3 is 0 Å². The molecule has 1 fully saturated rings. The van der Waals surface area contributed by atoms with Crippen molar-refractivity contribution in [3.05, 3.63) is 35.7 Å². The Morgan fingerprint density at radius 3 is 2.86 bits per heavy atom. The molecule has 0 N–H and O–H groups in total. The van der Waals surface area contributed by atoms with Gasteiger partial charge in [0.15, 0.2) is 0 Å². The van der Waals surface area contributed by atoms with E-state index in [1.54, 1.807) is 6.20 Å². The van der Waals surface area contributed by atoms with Gasteiger partial charge in [0.2, 0.25) is 5.91 Å². The van der Waals surface area contributed by atoms with Crippen LogP contribution in [0.3, 0.4) is 0 Å². The van der Waals surface area contributed by atoms with Crippen LogP contribution in [0.1, 0.15) is 36.0 Å². The van der Waals surface area contributed by atoms with Crippen molar-refractivity contribution in [1.29, 1.82) is 0 Å². The average Bonchev–Trinajstić information content (AvgIpc) is 3.17. The molecule has 0 unspecified atom stereocenters. The standard InChI is InChI=1S/C16H23N5O/c1-12-10-19(3)16(18-12)14-5-8-20(11-14)15(22)6-9-21-13(2)4-7-17-21/h4,7,10,14H,5-6,8-9,11H2,1-3H3/t14-/m1/s1. The number of amides is 1. The fourth-order valence-electron chi connectivity index (χ4n) is 3.20. The lowest BCUT2D eigenvalue weighted by molar-refractivity contribution is -0.130. The number of aromatic nitrogens is 4. The zero-order valence-electron chi connectivity index (χ0n) is 13.5. The van der Waals surface area contributed by atoms with E-state index in [4.69, 9.17) is 0 Å². The summed E-state index contributed by atoms with van der Waals surface area (Å²) in [6.45, 7) is 6.27. The highest BCUT2D eigenvalue weighted by Crippen LogP contribution is 2.26. The monoisotopic (exact) mass is 301 g/mol. The second-order valence-electron chi connectivity index (χ2n) is 6.12. The Bertz CT molecular complexity index is 672. The maximum absolute atomic E-state index is 12.4. The minimum absolute atomic E-state index is 0.211. The third kappa shape index (κ3) is 2.91. The van der Waals surface area contributed by atoms with E-state index < -0.39 is 0 Å². The summed E-state index contributed by atoms with van der Waals surface area (Å²) in [5, 5.41) is 4.22. The third-order valence-corrected chi connectivity index (χ3v) is 4.41. The maximum atomic E-state index is 12.4. The summed E-state index contributed by atoms with van der Waals surface area (Å²) in [7, 11) is 2.03. The van der Waals surface area contributed by atoms with Gasteiger partial charge in [0.25, 0.3) is 0 Å². The van der Waals surface area contributed by atoms with Crippen molar-refractivity contribution in [2.75, 3.05) is 13.1 Å². The van der Waals surface area contributed by atoms with Crippen LogP contribution in [0.25, 0.3) is 0 Å². The number of carbonyl (C=O) groups is 1. The molecule has 118 valence electrons. The molecule has 1 atom stereocenters. The van der Waals surface area contributed by atoms with Gasteiger partial charge in [-0.2, -0.15) is 5.10 Å². The Labute approximate surface area is 130 Å². The van der Waals surface area contributed by atoms with Crippen molar-refractivity contribution in [2.24, 2.45) is 7.05 Å². The predicted octanol–water partition coefficient (Wildman–Crippen LogP) is 1.64. The van der Waals surface area contributed by atoms with Crippen LogP contribution in [0.15, 0.2) is 18.5 Å². The molecular formula is C16H23N5O. The fraction of sp³-hybridized carbons (Fsp3) is 0.562. The van der Waals surface area contributed by atoms with Crippen molar-refractivity contribution in [2.45, 2.75) is 39.2 Å². The first-order valence-electron chi connectivity index (χ1n) is 7.80. The Hall–Kier alpha value is -2.11. The van der Waals surface area contributed by atoms with E-state index in [1.165, 1.54) is 0 Å². The SMILES string of the molecule is Cc1cn(C)c([C@@H]2CCN(C(=O)CCn3nccc3C)C2)n1. The Morgan fingerprint density at radius 2 is 2.23 bits per heavy atom. The molecule has 0 radical (unpaired) electrons. The molecule has 1 aliphatic rings. The van der Waals surface area contributed by atoms with Gasteiger partial charge < -0.3 is 9.47 Å². The molecule has 0 bridgehead atoms. The lowest BCUT2D eigenvalue weighted by Crippen LogP contribution is -2.29. The molecule has 3 heterocycles. The fourth-order valence-corrected chi connectivity index (χ4v) is 3.20. The summed E-state index contributed by atoms with van der Waals surface area (Å²) >= 11 is 0. The van der Waals surface area contributed by atoms with E-state index >= 15 is 0 Å². The quantitative estimate of drug-likeness (QED) is 0.862. The maximum Gasteiger partial charge on any atom is 0.224 e. The number of carbonyl (C=O) groups excluding carboxylic acids is 1. The van der Waals surface area contributed by atoms with Gasteiger partial charge in [-0.1, -0.05) is 0 Å². The first-order valence-corrected chi connectivity index (χ1v) is 7.80. The van der Waals surface area contributed by atoms with E-state index in [0.29, 0.717) is 18.9 Å². The van der Waals surface area contributed by atoms with Crippen molar-refractivity contribution >= 4 is 5.91 Å². The first kappa shape index (κ1) is 14.8. The van der Waals surface area contributed by atoms with E-state index in [2.05, 4.69) is 14.6 Å². The number of rotatable bonds is 4. The molecule has 0 spiro atoms. The van der Waals surface area contributed by atoms with Crippen LogP contribution in [0.5, 0.6) is 0 Å².